The summed E-state index contributed by atoms with van der Waals surface area (Å²) >= 11 is 0. The molecule has 1 rings (SSSR count). The molecule has 0 aliphatic rings. The summed E-state index contributed by atoms with van der Waals surface area (Å²) in [5.74, 6) is -0.540. The maximum absolute atomic E-state index is 12.0. The van der Waals surface area contributed by atoms with Crippen molar-refractivity contribution in [1.82, 2.24) is 15.6 Å². The first kappa shape index (κ1) is 17.9. The first-order chi connectivity index (χ1) is 10.6. The van der Waals surface area contributed by atoms with Crippen molar-refractivity contribution in [3.05, 3.63) is 24.0 Å². The van der Waals surface area contributed by atoms with Crippen LogP contribution >= 0.6 is 0 Å². The Morgan fingerprint density at radius 2 is 2.00 bits per heavy atom. The van der Waals surface area contributed by atoms with E-state index in [4.69, 9.17) is 0 Å². The van der Waals surface area contributed by atoms with Gasteiger partial charge < -0.3 is 15.7 Å². The van der Waals surface area contributed by atoms with Crippen molar-refractivity contribution in [3.8, 4) is 5.75 Å². The highest BCUT2D eigenvalue weighted by atomic mass is 16.3. The number of hydrogen-bond acceptors (Lipinski definition) is 4. The number of aromatic nitrogens is 1. The van der Waals surface area contributed by atoms with E-state index >= 15 is 0 Å². The van der Waals surface area contributed by atoms with Gasteiger partial charge in [-0.05, 0) is 25.0 Å². The lowest BCUT2D eigenvalue weighted by Gasteiger charge is -2.14. The zero-order valence-corrected chi connectivity index (χ0v) is 13.3. The molecule has 3 N–H and O–H groups in total. The molecule has 0 aliphatic carbocycles. The fourth-order valence-electron chi connectivity index (χ4n) is 2.13. The number of unbranched alkanes of at least 4 members (excludes halogenated alkanes) is 1. The van der Waals surface area contributed by atoms with E-state index in [0.717, 1.165) is 25.7 Å². The summed E-state index contributed by atoms with van der Waals surface area (Å²) in [6.07, 6.45) is 5.28. The number of amides is 2. The Morgan fingerprint density at radius 3 is 2.64 bits per heavy atom. The van der Waals surface area contributed by atoms with Crippen molar-refractivity contribution in [2.24, 2.45) is 5.92 Å². The highest BCUT2D eigenvalue weighted by Gasteiger charge is 2.15. The molecule has 6 nitrogen and oxygen atoms in total. The molecule has 0 bridgehead atoms. The molecule has 0 aliphatic heterocycles. The van der Waals surface area contributed by atoms with Crippen molar-refractivity contribution in [3.63, 3.8) is 0 Å². The molecule has 2 amide bonds. The summed E-state index contributed by atoms with van der Waals surface area (Å²) in [4.78, 5) is 27.6. The van der Waals surface area contributed by atoms with E-state index in [9.17, 15) is 14.7 Å². The van der Waals surface area contributed by atoms with Gasteiger partial charge in [-0.25, -0.2) is 4.98 Å². The topological polar surface area (TPSA) is 91.3 Å². The van der Waals surface area contributed by atoms with E-state index in [0.29, 0.717) is 13.1 Å². The van der Waals surface area contributed by atoms with Gasteiger partial charge in [-0.3, -0.25) is 9.59 Å². The van der Waals surface area contributed by atoms with Crippen LogP contribution in [0.25, 0.3) is 0 Å². The lowest BCUT2D eigenvalue weighted by Crippen LogP contribution is -2.37. The van der Waals surface area contributed by atoms with Gasteiger partial charge in [-0.1, -0.05) is 26.7 Å². The van der Waals surface area contributed by atoms with Gasteiger partial charge in [0, 0.05) is 25.2 Å². The number of pyridine rings is 1. The molecule has 0 saturated carbocycles. The first-order valence-electron chi connectivity index (χ1n) is 7.80. The van der Waals surface area contributed by atoms with Gasteiger partial charge in [0.05, 0.1) is 0 Å². The number of carbonyl (C=O) groups is 2. The quantitative estimate of drug-likeness (QED) is 0.607. The van der Waals surface area contributed by atoms with E-state index < -0.39 is 5.91 Å². The van der Waals surface area contributed by atoms with E-state index in [-0.39, 0.29) is 23.3 Å². The van der Waals surface area contributed by atoms with Crippen LogP contribution in [0.5, 0.6) is 5.75 Å². The van der Waals surface area contributed by atoms with Crippen molar-refractivity contribution in [2.75, 3.05) is 13.1 Å². The third-order valence-electron chi connectivity index (χ3n) is 3.48. The minimum Gasteiger partial charge on any atom is -0.505 e. The highest BCUT2D eigenvalue weighted by Crippen LogP contribution is 2.13. The Bertz CT molecular complexity index is 491. The van der Waals surface area contributed by atoms with E-state index in [1.165, 1.54) is 12.3 Å². The molecular formula is C16H25N3O3. The van der Waals surface area contributed by atoms with Crippen LogP contribution in [0.2, 0.25) is 0 Å². The van der Waals surface area contributed by atoms with Crippen molar-refractivity contribution in [1.29, 1.82) is 0 Å². The Morgan fingerprint density at radius 1 is 1.27 bits per heavy atom. The molecule has 1 heterocycles. The Hall–Kier alpha value is -2.11. The van der Waals surface area contributed by atoms with Crippen LogP contribution in [0.1, 0.15) is 50.0 Å². The number of rotatable bonds is 9. The summed E-state index contributed by atoms with van der Waals surface area (Å²) in [6.45, 7) is 4.77. The van der Waals surface area contributed by atoms with Crippen LogP contribution in [-0.2, 0) is 4.79 Å². The normalized spacial score (nSPS) is 11.7. The van der Waals surface area contributed by atoms with Crippen LogP contribution in [0, 0.1) is 5.92 Å². The fraction of sp³-hybridized carbons (Fsp3) is 0.562. The summed E-state index contributed by atoms with van der Waals surface area (Å²) in [7, 11) is 0. The van der Waals surface area contributed by atoms with Crippen molar-refractivity contribution in [2.45, 2.75) is 39.5 Å². The van der Waals surface area contributed by atoms with Gasteiger partial charge >= 0.3 is 0 Å². The molecule has 122 valence electrons. The van der Waals surface area contributed by atoms with Gasteiger partial charge in [0.25, 0.3) is 5.91 Å². The molecule has 22 heavy (non-hydrogen) atoms. The number of nitrogens with one attached hydrogen (secondary N) is 2. The SMILES string of the molecule is CCCC[C@@H](CC)C(=O)NCCNC(=O)c1ncccc1O. The second-order valence-corrected chi connectivity index (χ2v) is 5.17. The number of hydrogen-bond donors (Lipinski definition) is 3. The molecule has 0 saturated heterocycles. The van der Waals surface area contributed by atoms with Crippen LogP contribution in [0.3, 0.4) is 0 Å². The Labute approximate surface area is 131 Å². The lowest BCUT2D eigenvalue weighted by molar-refractivity contribution is -0.125. The van der Waals surface area contributed by atoms with Gasteiger partial charge in [0.1, 0.15) is 5.75 Å². The Kier molecular flexibility index (Phi) is 7.96. The van der Waals surface area contributed by atoms with E-state index in [1.807, 2.05) is 6.92 Å². The predicted molar refractivity (Wildman–Crippen MR) is 84.6 cm³/mol. The Balaban J connectivity index is 2.31. The van der Waals surface area contributed by atoms with Crippen LogP contribution in [-0.4, -0.2) is 35.0 Å². The van der Waals surface area contributed by atoms with Crippen LogP contribution in [0.15, 0.2) is 18.3 Å². The van der Waals surface area contributed by atoms with Crippen molar-refractivity contribution < 1.29 is 14.7 Å². The number of aromatic hydroxyl groups is 1. The molecule has 0 unspecified atom stereocenters. The molecule has 1 aromatic rings. The highest BCUT2D eigenvalue weighted by molar-refractivity contribution is 5.94. The second-order valence-electron chi connectivity index (χ2n) is 5.17. The maximum Gasteiger partial charge on any atom is 0.273 e. The fourth-order valence-corrected chi connectivity index (χ4v) is 2.13. The van der Waals surface area contributed by atoms with Crippen LogP contribution in [0.4, 0.5) is 0 Å². The third kappa shape index (κ3) is 5.71. The average molecular weight is 307 g/mol. The van der Waals surface area contributed by atoms with Crippen molar-refractivity contribution >= 4 is 11.8 Å². The first-order valence-corrected chi connectivity index (χ1v) is 7.80. The zero-order valence-electron chi connectivity index (χ0n) is 13.3. The minimum absolute atomic E-state index is 0.0109. The maximum atomic E-state index is 12.0. The molecule has 0 spiro atoms. The largest absolute Gasteiger partial charge is 0.505 e. The lowest BCUT2D eigenvalue weighted by atomic mass is 9.98. The van der Waals surface area contributed by atoms with Gasteiger partial charge in [0.2, 0.25) is 5.91 Å². The van der Waals surface area contributed by atoms with E-state index in [1.54, 1.807) is 6.07 Å². The predicted octanol–water partition coefficient (Wildman–Crippen LogP) is 1.85. The van der Waals surface area contributed by atoms with E-state index in [2.05, 4.69) is 22.5 Å². The standard InChI is InChI=1S/C16H25N3O3/c1-3-5-7-12(4-2)15(21)18-10-11-19-16(22)14-13(20)8-6-9-17-14/h6,8-9,12,20H,3-5,7,10-11H2,1-2H3,(H,18,21)(H,19,22)/t12-/m1/s1. The molecule has 1 aromatic heterocycles. The summed E-state index contributed by atoms with van der Waals surface area (Å²) in [6, 6.07) is 2.96. The molecule has 0 radical (unpaired) electrons. The minimum atomic E-state index is -0.453. The average Bonchev–Trinajstić information content (AvgIpc) is 2.52. The molecule has 1 atom stereocenters. The molecular weight excluding hydrogens is 282 g/mol. The third-order valence-corrected chi connectivity index (χ3v) is 3.48. The summed E-state index contributed by atoms with van der Waals surface area (Å²) in [5, 5.41) is 15.0. The summed E-state index contributed by atoms with van der Waals surface area (Å²) in [5.41, 5.74) is -0.0109. The second kappa shape index (κ2) is 9.76. The number of nitrogens with zero attached hydrogens (tertiary/aromatic N) is 1. The molecule has 0 aromatic carbocycles. The molecule has 6 heteroatoms. The van der Waals surface area contributed by atoms with Gasteiger partial charge in [-0.15, -0.1) is 0 Å². The summed E-state index contributed by atoms with van der Waals surface area (Å²) < 4.78 is 0. The smallest absolute Gasteiger partial charge is 0.273 e. The van der Waals surface area contributed by atoms with Gasteiger partial charge in [-0.2, -0.15) is 0 Å². The van der Waals surface area contributed by atoms with Crippen LogP contribution < -0.4 is 10.6 Å². The van der Waals surface area contributed by atoms with Gasteiger partial charge in [0.15, 0.2) is 5.69 Å². The number of carbonyl (C=O) groups excluding carboxylic acids is 2. The monoisotopic (exact) mass is 307 g/mol. The molecule has 0 fully saturated rings. The zero-order chi connectivity index (χ0) is 16.4.